The van der Waals surface area contributed by atoms with Crippen molar-refractivity contribution in [2.45, 2.75) is 55.6 Å². The molecule has 0 saturated heterocycles. The Balaban J connectivity index is 0.00000225. The summed E-state index contributed by atoms with van der Waals surface area (Å²) in [6.45, 7) is 0.804. The van der Waals surface area contributed by atoms with Gasteiger partial charge in [-0.3, -0.25) is 0 Å². The summed E-state index contributed by atoms with van der Waals surface area (Å²) < 4.78 is 28.6. The lowest BCUT2D eigenvalue weighted by Crippen LogP contribution is -2.53. The average molecular weight is 388 g/mol. The predicted octanol–water partition coefficient (Wildman–Crippen LogP) is 2.35. The number of sulfonamides is 1. The van der Waals surface area contributed by atoms with Crippen LogP contribution in [0.2, 0.25) is 0 Å². The van der Waals surface area contributed by atoms with Gasteiger partial charge in [-0.25, -0.2) is 13.1 Å². The van der Waals surface area contributed by atoms with Gasteiger partial charge in [0.1, 0.15) is 0 Å². The van der Waals surface area contributed by atoms with Gasteiger partial charge >= 0.3 is 0 Å². The molecule has 1 aromatic rings. The molecule has 1 aromatic carbocycles. The molecule has 0 radical (unpaired) electrons. The van der Waals surface area contributed by atoms with E-state index in [1.807, 2.05) is 26.2 Å². The lowest BCUT2D eigenvalue weighted by molar-refractivity contribution is 0.125. The van der Waals surface area contributed by atoms with Crippen LogP contribution < -0.4 is 10.5 Å². The zero-order chi connectivity index (χ0) is 17.3. The van der Waals surface area contributed by atoms with E-state index >= 15 is 0 Å². The van der Waals surface area contributed by atoms with Crippen molar-refractivity contribution < 1.29 is 8.42 Å². The molecule has 2 aliphatic carbocycles. The first-order valence-corrected chi connectivity index (χ1v) is 10.3. The Kier molecular flexibility index (Phi) is 6.90. The lowest BCUT2D eigenvalue weighted by atomic mass is 9.67. The van der Waals surface area contributed by atoms with Crippen LogP contribution in [0.15, 0.2) is 29.2 Å². The van der Waals surface area contributed by atoms with E-state index in [9.17, 15) is 8.42 Å². The fourth-order valence-electron chi connectivity index (χ4n) is 4.37. The standard InChI is InChI=1S/C18H29N3O2S.ClH/c1-21(2)12-13-6-8-17(9-7-13)24(22,23)20-18-14-4-3-5-15(18)11-16(19)10-14;/h6-9,14-16,18,20H,3-5,10-12,19H2,1-2H3;1H. The minimum absolute atomic E-state index is 0. The Labute approximate surface area is 157 Å². The first kappa shape index (κ1) is 20.6. The van der Waals surface area contributed by atoms with Crippen molar-refractivity contribution in [3.05, 3.63) is 29.8 Å². The summed E-state index contributed by atoms with van der Waals surface area (Å²) in [5.74, 6) is 0.769. The fourth-order valence-corrected chi connectivity index (χ4v) is 5.74. The molecule has 0 heterocycles. The van der Waals surface area contributed by atoms with E-state index in [4.69, 9.17) is 5.73 Å². The molecular formula is C18H30ClN3O2S. The summed E-state index contributed by atoms with van der Waals surface area (Å²) in [4.78, 5) is 2.42. The third-order valence-corrected chi connectivity index (χ3v) is 6.88. The molecule has 2 unspecified atom stereocenters. The van der Waals surface area contributed by atoms with Crippen LogP contribution in [-0.2, 0) is 16.6 Å². The van der Waals surface area contributed by atoms with E-state index in [1.54, 1.807) is 12.1 Å². The van der Waals surface area contributed by atoms with Gasteiger partial charge in [0.05, 0.1) is 4.90 Å². The van der Waals surface area contributed by atoms with Crippen molar-refractivity contribution in [2.75, 3.05) is 14.1 Å². The quantitative estimate of drug-likeness (QED) is 0.813. The number of nitrogens with two attached hydrogens (primary N) is 1. The van der Waals surface area contributed by atoms with E-state index in [0.29, 0.717) is 16.7 Å². The Hall–Kier alpha value is -0.660. The molecule has 0 amide bonds. The fraction of sp³-hybridized carbons (Fsp3) is 0.667. The molecule has 142 valence electrons. The van der Waals surface area contributed by atoms with Crippen LogP contribution in [0.25, 0.3) is 0 Å². The van der Waals surface area contributed by atoms with Gasteiger partial charge in [0, 0.05) is 18.6 Å². The molecule has 2 aliphatic rings. The maximum atomic E-state index is 12.8. The molecule has 2 saturated carbocycles. The van der Waals surface area contributed by atoms with Gasteiger partial charge in [-0.1, -0.05) is 18.6 Å². The third-order valence-electron chi connectivity index (χ3n) is 5.40. The van der Waals surface area contributed by atoms with Gasteiger partial charge in [0.2, 0.25) is 10.0 Å². The molecule has 0 aromatic heterocycles. The number of hydrogen-bond acceptors (Lipinski definition) is 4. The summed E-state index contributed by atoms with van der Waals surface area (Å²) in [6, 6.07) is 7.49. The van der Waals surface area contributed by atoms with Crippen LogP contribution in [-0.4, -0.2) is 39.5 Å². The molecule has 5 nitrogen and oxygen atoms in total. The van der Waals surface area contributed by atoms with Crippen molar-refractivity contribution in [1.29, 1.82) is 0 Å². The van der Waals surface area contributed by atoms with Crippen molar-refractivity contribution in [3.8, 4) is 0 Å². The van der Waals surface area contributed by atoms with Gasteiger partial charge in [0.15, 0.2) is 0 Å². The predicted molar refractivity (Wildman–Crippen MR) is 103 cm³/mol. The SMILES string of the molecule is CN(C)Cc1ccc(S(=O)(=O)NC2C3CCCC2CC(N)C3)cc1.Cl. The van der Waals surface area contributed by atoms with Crippen LogP contribution in [0.5, 0.6) is 0 Å². The van der Waals surface area contributed by atoms with Gasteiger partial charge in [-0.05, 0) is 69.3 Å². The van der Waals surface area contributed by atoms with Gasteiger partial charge in [-0.2, -0.15) is 0 Å². The van der Waals surface area contributed by atoms with Crippen LogP contribution >= 0.6 is 12.4 Å². The second kappa shape index (κ2) is 8.35. The highest BCUT2D eigenvalue weighted by Crippen LogP contribution is 2.40. The number of hydrogen-bond donors (Lipinski definition) is 2. The Morgan fingerprint density at radius 2 is 1.68 bits per heavy atom. The number of nitrogens with one attached hydrogen (secondary N) is 1. The zero-order valence-electron chi connectivity index (χ0n) is 15.0. The molecule has 25 heavy (non-hydrogen) atoms. The van der Waals surface area contributed by atoms with Crippen LogP contribution in [0.4, 0.5) is 0 Å². The molecule has 0 aliphatic heterocycles. The Morgan fingerprint density at radius 1 is 1.12 bits per heavy atom. The number of fused-ring (bicyclic) bond motifs is 2. The monoisotopic (exact) mass is 387 g/mol. The summed E-state index contributed by atoms with van der Waals surface area (Å²) in [5.41, 5.74) is 7.25. The molecule has 7 heteroatoms. The number of rotatable bonds is 5. The maximum Gasteiger partial charge on any atom is 0.240 e. The summed E-state index contributed by atoms with van der Waals surface area (Å²) in [7, 11) is 0.528. The van der Waals surface area contributed by atoms with Crippen molar-refractivity contribution in [1.82, 2.24) is 9.62 Å². The highest BCUT2D eigenvalue weighted by atomic mass is 35.5. The van der Waals surface area contributed by atoms with E-state index in [2.05, 4.69) is 9.62 Å². The van der Waals surface area contributed by atoms with Crippen LogP contribution in [0.3, 0.4) is 0 Å². The van der Waals surface area contributed by atoms with Gasteiger partial charge in [0.25, 0.3) is 0 Å². The third kappa shape index (κ3) is 4.95. The van der Waals surface area contributed by atoms with Crippen LogP contribution in [0, 0.1) is 11.8 Å². The van der Waals surface area contributed by atoms with Crippen LogP contribution in [0.1, 0.15) is 37.7 Å². The molecular weight excluding hydrogens is 358 g/mol. The molecule has 3 N–H and O–H groups in total. The van der Waals surface area contributed by atoms with Gasteiger partial charge in [-0.15, -0.1) is 12.4 Å². The molecule has 2 atom stereocenters. The van der Waals surface area contributed by atoms with Crippen molar-refractivity contribution in [3.63, 3.8) is 0 Å². The minimum atomic E-state index is -3.47. The smallest absolute Gasteiger partial charge is 0.240 e. The Morgan fingerprint density at radius 3 is 2.20 bits per heavy atom. The minimum Gasteiger partial charge on any atom is -0.328 e. The van der Waals surface area contributed by atoms with Crippen molar-refractivity contribution in [2.24, 2.45) is 17.6 Å². The number of benzene rings is 1. The molecule has 2 bridgehead atoms. The highest BCUT2D eigenvalue weighted by Gasteiger charge is 2.41. The maximum absolute atomic E-state index is 12.8. The summed E-state index contributed by atoms with van der Waals surface area (Å²) in [6.07, 6.45) is 5.23. The molecule has 3 rings (SSSR count). The Bertz CT molecular complexity index is 649. The van der Waals surface area contributed by atoms with E-state index in [0.717, 1.165) is 37.8 Å². The first-order valence-electron chi connectivity index (χ1n) is 8.87. The molecule has 0 spiro atoms. The van der Waals surface area contributed by atoms with E-state index < -0.39 is 10.0 Å². The highest BCUT2D eigenvalue weighted by molar-refractivity contribution is 7.89. The second-order valence-electron chi connectivity index (χ2n) is 7.71. The lowest BCUT2D eigenvalue weighted by Gasteiger charge is -2.45. The first-order chi connectivity index (χ1) is 11.3. The zero-order valence-corrected chi connectivity index (χ0v) is 16.7. The van der Waals surface area contributed by atoms with E-state index in [1.165, 1.54) is 6.42 Å². The molecule has 2 fully saturated rings. The second-order valence-corrected chi connectivity index (χ2v) is 9.43. The summed E-state index contributed by atoms with van der Waals surface area (Å²) in [5, 5.41) is 0. The van der Waals surface area contributed by atoms with Gasteiger partial charge < -0.3 is 10.6 Å². The number of halogens is 1. The largest absolute Gasteiger partial charge is 0.328 e. The van der Waals surface area contributed by atoms with E-state index in [-0.39, 0.29) is 24.5 Å². The van der Waals surface area contributed by atoms with Crippen molar-refractivity contribution >= 4 is 22.4 Å². The normalized spacial score (nSPS) is 29.3. The number of nitrogens with zero attached hydrogens (tertiary/aromatic N) is 1. The summed E-state index contributed by atoms with van der Waals surface area (Å²) >= 11 is 0. The average Bonchev–Trinajstić information content (AvgIpc) is 2.48. The topological polar surface area (TPSA) is 75.4 Å².